The lowest BCUT2D eigenvalue weighted by Gasteiger charge is -2.35. The Kier molecular flexibility index (Phi) is 6.05. The number of hydrogen-bond acceptors (Lipinski definition) is 5. The number of rotatable bonds is 9. The summed E-state index contributed by atoms with van der Waals surface area (Å²) in [6, 6.07) is 0.0452. The van der Waals surface area contributed by atoms with Crippen molar-refractivity contribution >= 4 is 39.5 Å². The SMILES string of the molecule is CC(=O)N[C@@H](C)CO[C@H]1C[C@H](COc2ncnc3c2c(I)cn3CC2CC2)C1. The molecule has 1 amide bonds. The van der Waals surface area contributed by atoms with E-state index in [4.69, 9.17) is 9.47 Å². The molecule has 1 atom stereocenters. The van der Waals surface area contributed by atoms with Gasteiger partial charge in [0, 0.05) is 29.3 Å². The predicted octanol–water partition coefficient (Wildman–Crippen LogP) is 3.14. The van der Waals surface area contributed by atoms with Crippen molar-refractivity contribution in [3.63, 3.8) is 0 Å². The Balaban J connectivity index is 1.27. The Hall–Kier alpha value is -1.42. The molecule has 2 fully saturated rings. The van der Waals surface area contributed by atoms with Crippen molar-refractivity contribution < 1.29 is 14.3 Å². The molecule has 2 heterocycles. The Morgan fingerprint density at radius 1 is 1.36 bits per heavy atom. The molecule has 28 heavy (non-hydrogen) atoms. The molecule has 2 aliphatic rings. The van der Waals surface area contributed by atoms with Crippen LogP contribution in [0.15, 0.2) is 12.5 Å². The normalized spacial score (nSPS) is 22.7. The van der Waals surface area contributed by atoms with Gasteiger partial charge in [-0.3, -0.25) is 4.79 Å². The molecular weight excluding hydrogens is 471 g/mol. The number of aromatic nitrogens is 3. The third-order valence-corrected chi connectivity index (χ3v) is 6.22. The summed E-state index contributed by atoms with van der Waals surface area (Å²) in [6.45, 7) is 5.72. The summed E-state index contributed by atoms with van der Waals surface area (Å²) in [7, 11) is 0. The van der Waals surface area contributed by atoms with E-state index in [9.17, 15) is 4.79 Å². The van der Waals surface area contributed by atoms with Crippen LogP contribution in [0.3, 0.4) is 0 Å². The van der Waals surface area contributed by atoms with Gasteiger partial charge in [-0.25, -0.2) is 9.97 Å². The van der Waals surface area contributed by atoms with Gasteiger partial charge in [-0.15, -0.1) is 0 Å². The zero-order valence-electron chi connectivity index (χ0n) is 16.4. The molecule has 0 radical (unpaired) electrons. The molecule has 4 rings (SSSR count). The smallest absolute Gasteiger partial charge is 0.227 e. The minimum absolute atomic E-state index is 0.0206. The van der Waals surface area contributed by atoms with Gasteiger partial charge in [0.05, 0.1) is 24.7 Å². The molecule has 2 aliphatic carbocycles. The molecule has 1 N–H and O–H groups in total. The van der Waals surface area contributed by atoms with Crippen molar-refractivity contribution in [2.24, 2.45) is 11.8 Å². The Bertz CT molecular complexity index is 845. The van der Waals surface area contributed by atoms with Crippen LogP contribution in [0.1, 0.15) is 39.5 Å². The second-order valence-electron chi connectivity index (χ2n) is 8.16. The molecule has 2 saturated carbocycles. The van der Waals surface area contributed by atoms with Crippen LogP contribution in [-0.2, 0) is 16.1 Å². The maximum absolute atomic E-state index is 11.0. The highest BCUT2D eigenvalue weighted by Gasteiger charge is 2.31. The fraction of sp³-hybridized carbons (Fsp3) is 0.650. The predicted molar refractivity (Wildman–Crippen MR) is 114 cm³/mol. The molecule has 0 spiro atoms. The van der Waals surface area contributed by atoms with E-state index in [0.717, 1.165) is 39.9 Å². The number of carbonyl (C=O) groups excluding carboxylic acids is 1. The first-order valence-electron chi connectivity index (χ1n) is 10.0. The van der Waals surface area contributed by atoms with Crippen molar-refractivity contribution in [2.75, 3.05) is 13.2 Å². The fourth-order valence-electron chi connectivity index (χ4n) is 3.69. The van der Waals surface area contributed by atoms with Gasteiger partial charge in [0.1, 0.15) is 12.0 Å². The first-order valence-corrected chi connectivity index (χ1v) is 11.1. The van der Waals surface area contributed by atoms with Crippen LogP contribution < -0.4 is 10.1 Å². The lowest BCUT2D eigenvalue weighted by molar-refractivity contribution is -0.120. The third-order valence-electron chi connectivity index (χ3n) is 5.40. The Morgan fingerprint density at radius 3 is 2.86 bits per heavy atom. The van der Waals surface area contributed by atoms with Crippen LogP contribution in [-0.4, -0.2) is 45.8 Å². The van der Waals surface area contributed by atoms with Crippen LogP contribution in [0.4, 0.5) is 0 Å². The van der Waals surface area contributed by atoms with Gasteiger partial charge in [-0.2, -0.15) is 0 Å². The van der Waals surface area contributed by atoms with E-state index in [1.165, 1.54) is 19.8 Å². The number of nitrogens with one attached hydrogen (secondary N) is 1. The number of halogens is 1. The number of amides is 1. The summed E-state index contributed by atoms with van der Waals surface area (Å²) < 4.78 is 15.3. The molecule has 8 heteroatoms. The molecule has 0 aliphatic heterocycles. The summed E-state index contributed by atoms with van der Waals surface area (Å²) in [5.41, 5.74) is 0.975. The number of carbonyl (C=O) groups is 1. The Morgan fingerprint density at radius 2 is 2.14 bits per heavy atom. The van der Waals surface area contributed by atoms with Crippen LogP contribution >= 0.6 is 22.6 Å². The maximum Gasteiger partial charge on any atom is 0.227 e. The van der Waals surface area contributed by atoms with Crippen molar-refractivity contribution in [3.05, 3.63) is 16.1 Å². The summed E-state index contributed by atoms with van der Waals surface area (Å²) in [5, 5.41) is 3.87. The molecule has 0 bridgehead atoms. The van der Waals surface area contributed by atoms with Gasteiger partial charge >= 0.3 is 0 Å². The monoisotopic (exact) mass is 498 g/mol. The van der Waals surface area contributed by atoms with Gasteiger partial charge in [0.25, 0.3) is 0 Å². The van der Waals surface area contributed by atoms with Gasteiger partial charge in [0.15, 0.2) is 0 Å². The molecular formula is C20H27IN4O3. The lowest BCUT2D eigenvalue weighted by Crippen LogP contribution is -2.40. The van der Waals surface area contributed by atoms with Crippen molar-refractivity contribution in [1.82, 2.24) is 19.9 Å². The summed E-state index contributed by atoms with van der Waals surface area (Å²) in [6.07, 6.45) is 8.64. The quantitative estimate of drug-likeness (QED) is 0.538. The number of ether oxygens (including phenoxy) is 2. The average Bonchev–Trinajstić information content (AvgIpc) is 3.36. The molecule has 2 aromatic rings. The minimum atomic E-state index is -0.0206. The van der Waals surface area contributed by atoms with Crippen LogP contribution in [0.5, 0.6) is 5.88 Å². The largest absolute Gasteiger partial charge is 0.477 e. The topological polar surface area (TPSA) is 78.3 Å². The van der Waals surface area contributed by atoms with E-state index in [1.807, 2.05) is 6.92 Å². The van der Waals surface area contributed by atoms with E-state index >= 15 is 0 Å². The van der Waals surface area contributed by atoms with Crippen molar-refractivity contribution in [1.29, 1.82) is 0 Å². The lowest BCUT2D eigenvalue weighted by atomic mass is 9.83. The van der Waals surface area contributed by atoms with Crippen LogP contribution in [0.25, 0.3) is 11.0 Å². The van der Waals surface area contributed by atoms with Gasteiger partial charge < -0.3 is 19.4 Å². The number of hydrogen-bond donors (Lipinski definition) is 1. The molecule has 0 saturated heterocycles. The average molecular weight is 498 g/mol. The van der Waals surface area contributed by atoms with E-state index in [2.05, 4.69) is 48.6 Å². The first kappa shape index (κ1) is 19.9. The highest BCUT2D eigenvalue weighted by molar-refractivity contribution is 14.1. The molecule has 2 aromatic heterocycles. The summed E-state index contributed by atoms with van der Waals surface area (Å²) in [5.74, 6) is 1.95. The zero-order valence-corrected chi connectivity index (χ0v) is 18.5. The standard InChI is InChI=1S/C20H27IN4O3/c1-12(24-13(2)26)9-27-16-5-15(6-16)10-28-20-18-17(21)8-25(7-14-3-4-14)19(18)22-11-23-20/h8,11-12,14-16H,3-7,9-10H2,1-2H3,(H,24,26)/t12-,15-,16-/m0/s1. The second kappa shape index (κ2) is 8.52. The number of nitrogens with zero attached hydrogens (tertiary/aromatic N) is 3. The second-order valence-corrected chi connectivity index (χ2v) is 9.32. The van der Waals surface area contributed by atoms with E-state index in [0.29, 0.717) is 25.0 Å². The van der Waals surface area contributed by atoms with E-state index < -0.39 is 0 Å². The highest BCUT2D eigenvalue weighted by atomic mass is 127. The molecule has 0 unspecified atom stereocenters. The minimum Gasteiger partial charge on any atom is -0.477 e. The van der Waals surface area contributed by atoms with Crippen LogP contribution in [0.2, 0.25) is 0 Å². The van der Waals surface area contributed by atoms with Crippen molar-refractivity contribution in [2.45, 2.75) is 58.2 Å². The number of fused-ring (bicyclic) bond motifs is 1. The van der Waals surface area contributed by atoms with Crippen molar-refractivity contribution in [3.8, 4) is 5.88 Å². The highest BCUT2D eigenvalue weighted by Crippen LogP contribution is 2.35. The van der Waals surface area contributed by atoms with Crippen LogP contribution in [0, 0.1) is 15.4 Å². The van der Waals surface area contributed by atoms with Gasteiger partial charge in [-0.05, 0) is 67.0 Å². The van der Waals surface area contributed by atoms with E-state index in [1.54, 1.807) is 6.33 Å². The Labute approximate surface area is 178 Å². The first-order chi connectivity index (χ1) is 13.5. The maximum atomic E-state index is 11.0. The summed E-state index contributed by atoms with van der Waals surface area (Å²) >= 11 is 2.35. The molecule has 7 nitrogen and oxygen atoms in total. The molecule has 152 valence electrons. The third kappa shape index (κ3) is 4.76. The van der Waals surface area contributed by atoms with Gasteiger partial charge in [0.2, 0.25) is 11.8 Å². The van der Waals surface area contributed by atoms with E-state index in [-0.39, 0.29) is 18.1 Å². The zero-order chi connectivity index (χ0) is 19.7. The molecule has 0 aromatic carbocycles. The van der Waals surface area contributed by atoms with Gasteiger partial charge in [-0.1, -0.05) is 0 Å². The summed E-state index contributed by atoms with van der Waals surface area (Å²) in [4.78, 5) is 19.9. The fourth-order valence-corrected chi connectivity index (χ4v) is 4.50.